The SMILES string of the molecule is CC(=O)Nc1ccc(C(O)C(=O)c2ccccc2)cc1. The molecule has 2 N–H and O–H groups in total. The molecule has 0 bridgehead atoms. The number of Topliss-reactive ketones (excluding diaryl/α,β-unsaturated/α-hetero) is 1. The van der Waals surface area contributed by atoms with E-state index in [4.69, 9.17) is 0 Å². The lowest BCUT2D eigenvalue weighted by Gasteiger charge is -2.11. The van der Waals surface area contributed by atoms with Gasteiger partial charge in [-0.2, -0.15) is 0 Å². The molecule has 0 heterocycles. The Bertz CT molecular complexity index is 605. The average molecular weight is 269 g/mol. The number of hydrogen-bond acceptors (Lipinski definition) is 3. The molecule has 2 aromatic carbocycles. The lowest BCUT2D eigenvalue weighted by molar-refractivity contribution is -0.114. The van der Waals surface area contributed by atoms with Crippen molar-refractivity contribution < 1.29 is 14.7 Å². The van der Waals surface area contributed by atoms with Crippen molar-refractivity contribution in [1.29, 1.82) is 0 Å². The van der Waals surface area contributed by atoms with Crippen LogP contribution in [0.25, 0.3) is 0 Å². The number of ketones is 1. The van der Waals surface area contributed by atoms with Crippen LogP contribution < -0.4 is 5.32 Å². The number of benzene rings is 2. The maximum Gasteiger partial charge on any atom is 0.221 e. The summed E-state index contributed by atoms with van der Waals surface area (Å²) in [7, 11) is 0. The van der Waals surface area contributed by atoms with Gasteiger partial charge in [0.2, 0.25) is 5.91 Å². The van der Waals surface area contributed by atoms with Crippen LogP contribution in [0.15, 0.2) is 54.6 Å². The number of hydrogen-bond donors (Lipinski definition) is 2. The van der Waals surface area contributed by atoms with Gasteiger partial charge in [0.05, 0.1) is 0 Å². The third kappa shape index (κ3) is 3.30. The summed E-state index contributed by atoms with van der Waals surface area (Å²) in [4.78, 5) is 23.0. The minimum atomic E-state index is -1.20. The van der Waals surface area contributed by atoms with Crippen molar-refractivity contribution in [1.82, 2.24) is 0 Å². The van der Waals surface area contributed by atoms with Crippen LogP contribution >= 0.6 is 0 Å². The van der Waals surface area contributed by atoms with E-state index in [9.17, 15) is 14.7 Å². The molecule has 1 amide bonds. The van der Waals surface area contributed by atoms with Gasteiger partial charge < -0.3 is 10.4 Å². The van der Waals surface area contributed by atoms with Crippen molar-refractivity contribution in [3.63, 3.8) is 0 Å². The standard InChI is InChI=1S/C16H15NO3/c1-11(18)17-14-9-7-13(8-10-14)16(20)15(19)12-5-3-2-4-6-12/h2-10,16,20H,1H3,(H,17,18). The smallest absolute Gasteiger partial charge is 0.221 e. The number of amides is 1. The normalized spacial score (nSPS) is 11.7. The van der Waals surface area contributed by atoms with E-state index in [1.165, 1.54) is 6.92 Å². The molecule has 0 aliphatic rings. The van der Waals surface area contributed by atoms with Crippen LogP contribution in [0.3, 0.4) is 0 Å². The molecule has 0 saturated heterocycles. The van der Waals surface area contributed by atoms with E-state index in [0.29, 0.717) is 16.8 Å². The zero-order valence-electron chi connectivity index (χ0n) is 11.0. The third-order valence-electron chi connectivity index (χ3n) is 2.85. The maximum absolute atomic E-state index is 12.1. The van der Waals surface area contributed by atoms with E-state index in [1.807, 2.05) is 6.07 Å². The first-order chi connectivity index (χ1) is 9.58. The summed E-state index contributed by atoms with van der Waals surface area (Å²) < 4.78 is 0. The number of nitrogens with one attached hydrogen (secondary N) is 1. The van der Waals surface area contributed by atoms with Crippen LogP contribution in [0, 0.1) is 0 Å². The zero-order valence-corrected chi connectivity index (χ0v) is 11.0. The lowest BCUT2D eigenvalue weighted by atomic mass is 10.00. The van der Waals surface area contributed by atoms with Gasteiger partial charge in [0.25, 0.3) is 0 Å². The number of aliphatic hydroxyl groups excluding tert-OH is 1. The first-order valence-corrected chi connectivity index (χ1v) is 6.23. The van der Waals surface area contributed by atoms with Gasteiger partial charge in [0.15, 0.2) is 5.78 Å². The second-order valence-corrected chi connectivity index (χ2v) is 4.44. The Kier molecular flexibility index (Phi) is 4.27. The minimum absolute atomic E-state index is 0.168. The molecular weight excluding hydrogens is 254 g/mol. The molecule has 0 aliphatic heterocycles. The maximum atomic E-state index is 12.1. The Labute approximate surface area is 117 Å². The van der Waals surface area contributed by atoms with Crippen molar-refractivity contribution >= 4 is 17.4 Å². The highest BCUT2D eigenvalue weighted by Gasteiger charge is 2.18. The lowest BCUT2D eigenvalue weighted by Crippen LogP contribution is -2.12. The van der Waals surface area contributed by atoms with Crippen LogP contribution in [0.2, 0.25) is 0 Å². The molecule has 0 aromatic heterocycles. The Morgan fingerprint density at radius 1 is 1.00 bits per heavy atom. The fraction of sp³-hybridized carbons (Fsp3) is 0.125. The van der Waals surface area contributed by atoms with Gasteiger partial charge >= 0.3 is 0 Å². The number of aliphatic hydroxyl groups is 1. The zero-order chi connectivity index (χ0) is 14.5. The van der Waals surface area contributed by atoms with Gasteiger partial charge in [-0.25, -0.2) is 0 Å². The Morgan fingerprint density at radius 3 is 2.15 bits per heavy atom. The molecule has 1 atom stereocenters. The summed E-state index contributed by atoms with van der Waals surface area (Å²) >= 11 is 0. The van der Waals surface area contributed by atoms with E-state index in [1.54, 1.807) is 48.5 Å². The van der Waals surface area contributed by atoms with Gasteiger partial charge in [-0.05, 0) is 17.7 Å². The Hall–Kier alpha value is -2.46. The van der Waals surface area contributed by atoms with Gasteiger partial charge in [0.1, 0.15) is 6.10 Å². The predicted molar refractivity (Wildman–Crippen MR) is 76.5 cm³/mol. The van der Waals surface area contributed by atoms with Crippen LogP contribution in [0.5, 0.6) is 0 Å². The molecule has 2 rings (SSSR count). The summed E-state index contributed by atoms with van der Waals surface area (Å²) in [5, 5.41) is 12.7. The molecule has 0 aliphatic carbocycles. The molecule has 2 aromatic rings. The topological polar surface area (TPSA) is 66.4 Å². The fourth-order valence-electron chi connectivity index (χ4n) is 1.86. The van der Waals surface area contributed by atoms with E-state index in [2.05, 4.69) is 5.32 Å². The highest BCUT2D eigenvalue weighted by Crippen LogP contribution is 2.20. The first kappa shape index (κ1) is 14.0. The first-order valence-electron chi connectivity index (χ1n) is 6.23. The molecule has 0 radical (unpaired) electrons. The van der Waals surface area contributed by atoms with Crippen molar-refractivity contribution in [3.8, 4) is 0 Å². The molecule has 0 spiro atoms. The largest absolute Gasteiger partial charge is 0.380 e. The second kappa shape index (κ2) is 6.12. The molecule has 4 heteroatoms. The number of anilines is 1. The number of rotatable bonds is 4. The van der Waals surface area contributed by atoms with E-state index in [-0.39, 0.29) is 11.7 Å². The summed E-state index contributed by atoms with van der Waals surface area (Å²) in [5.74, 6) is -0.517. The predicted octanol–water partition coefficient (Wildman–Crippen LogP) is 2.56. The monoisotopic (exact) mass is 269 g/mol. The molecule has 102 valence electrons. The van der Waals surface area contributed by atoms with Gasteiger partial charge in [-0.15, -0.1) is 0 Å². The van der Waals surface area contributed by atoms with Crippen molar-refractivity contribution in [2.24, 2.45) is 0 Å². The highest BCUT2D eigenvalue weighted by atomic mass is 16.3. The third-order valence-corrected chi connectivity index (χ3v) is 2.85. The van der Waals surface area contributed by atoms with Crippen LogP contribution in [0.1, 0.15) is 28.9 Å². The molecule has 1 unspecified atom stereocenters. The molecule has 20 heavy (non-hydrogen) atoms. The van der Waals surface area contributed by atoms with Gasteiger partial charge in [-0.1, -0.05) is 42.5 Å². The quantitative estimate of drug-likeness (QED) is 0.838. The molecule has 4 nitrogen and oxygen atoms in total. The van der Waals surface area contributed by atoms with Gasteiger partial charge in [-0.3, -0.25) is 9.59 Å². The molecule has 0 saturated carbocycles. The number of carbonyl (C=O) groups is 2. The van der Waals surface area contributed by atoms with Crippen LogP contribution in [-0.4, -0.2) is 16.8 Å². The summed E-state index contributed by atoms with van der Waals surface area (Å²) in [6.07, 6.45) is -1.20. The Morgan fingerprint density at radius 2 is 1.60 bits per heavy atom. The highest BCUT2D eigenvalue weighted by molar-refractivity contribution is 5.99. The van der Waals surface area contributed by atoms with Crippen LogP contribution in [0.4, 0.5) is 5.69 Å². The molecular formula is C16H15NO3. The minimum Gasteiger partial charge on any atom is -0.380 e. The number of carbonyl (C=O) groups excluding carboxylic acids is 2. The van der Waals surface area contributed by atoms with Crippen molar-refractivity contribution in [2.75, 3.05) is 5.32 Å². The summed E-state index contributed by atoms with van der Waals surface area (Å²) in [6, 6.07) is 15.2. The average Bonchev–Trinajstić information content (AvgIpc) is 2.47. The van der Waals surface area contributed by atoms with Gasteiger partial charge in [0, 0.05) is 18.2 Å². The van der Waals surface area contributed by atoms with E-state index >= 15 is 0 Å². The summed E-state index contributed by atoms with van der Waals surface area (Å²) in [6.45, 7) is 1.42. The fourth-order valence-corrected chi connectivity index (χ4v) is 1.86. The van der Waals surface area contributed by atoms with E-state index < -0.39 is 6.10 Å². The molecule has 0 fully saturated rings. The second-order valence-electron chi connectivity index (χ2n) is 4.44. The van der Waals surface area contributed by atoms with Crippen molar-refractivity contribution in [2.45, 2.75) is 13.0 Å². The summed E-state index contributed by atoms with van der Waals surface area (Å²) in [5.41, 5.74) is 1.58. The Balaban J connectivity index is 2.15. The van der Waals surface area contributed by atoms with Crippen molar-refractivity contribution in [3.05, 3.63) is 65.7 Å². The van der Waals surface area contributed by atoms with E-state index in [0.717, 1.165) is 0 Å². The van der Waals surface area contributed by atoms with Crippen LogP contribution in [-0.2, 0) is 4.79 Å².